The van der Waals surface area contributed by atoms with Crippen molar-refractivity contribution in [3.8, 4) is 0 Å². The van der Waals surface area contributed by atoms with Crippen LogP contribution in [0.1, 0.15) is 42.1 Å². The third-order valence-corrected chi connectivity index (χ3v) is 4.39. The summed E-state index contributed by atoms with van der Waals surface area (Å²) >= 11 is 0. The molecule has 2 fully saturated rings. The lowest BCUT2D eigenvalue weighted by molar-refractivity contribution is -0.113. The summed E-state index contributed by atoms with van der Waals surface area (Å²) in [6.07, 6.45) is 1.16. The predicted octanol–water partition coefficient (Wildman–Crippen LogP) is 3.54. The van der Waals surface area contributed by atoms with Gasteiger partial charge in [0.05, 0.1) is 13.1 Å². The van der Waals surface area contributed by atoms with E-state index in [1.807, 2.05) is 18.2 Å². The minimum atomic E-state index is -2.70. The van der Waals surface area contributed by atoms with Crippen LogP contribution in [0.25, 0.3) is 0 Å². The summed E-state index contributed by atoms with van der Waals surface area (Å²) in [6, 6.07) is 7.49. The lowest BCUT2D eigenvalue weighted by atomic mass is 10.00. The SMILES string of the molecule is CC(C)[C@H]1C[C@@H]1c1cccc(C(=O)N2CC(F)(F)C2)c1. The fourth-order valence-corrected chi connectivity index (χ4v) is 3.08. The smallest absolute Gasteiger partial charge is 0.282 e. The Balaban J connectivity index is 1.71. The van der Waals surface area contributed by atoms with E-state index in [1.54, 1.807) is 6.07 Å². The van der Waals surface area contributed by atoms with E-state index in [9.17, 15) is 13.6 Å². The Morgan fingerprint density at radius 1 is 1.35 bits per heavy atom. The number of benzene rings is 1. The van der Waals surface area contributed by atoms with Gasteiger partial charge in [0.15, 0.2) is 0 Å². The van der Waals surface area contributed by atoms with Crippen LogP contribution in [0.15, 0.2) is 24.3 Å². The standard InChI is InChI=1S/C16H19F2NO/c1-10(2)13-7-14(13)11-4-3-5-12(6-11)15(20)19-8-16(17,18)9-19/h3-6,10,13-14H,7-9H2,1-2H3/t13-,14-/m1/s1. The maximum absolute atomic E-state index is 12.8. The molecule has 0 N–H and O–H groups in total. The molecule has 0 spiro atoms. The number of alkyl halides is 2. The molecule has 2 aliphatic rings. The number of nitrogens with zero attached hydrogens (tertiary/aromatic N) is 1. The van der Waals surface area contributed by atoms with Crippen molar-refractivity contribution in [3.63, 3.8) is 0 Å². The number of carbonyl (C=O) groups excluding carboxylic acids is 1. The van der Waals surface area contributed by atoms with Crippen LogP contribution in [-0.2, 0) is 0 Å². The zero-order valence-corrected chi connectivity index (χ0v) is 11.8. The van der Waals surface area contributed by atoms with Gasteiger partial charge in [-0.15, -0.1) is 0 Å². The first-order valence-corrected chi connectivity index (χ1v) is 7.14. The lowest BCUT2D eigenvalue weighted by Crippen LogP contribution is -2.58. The molecule has 1 aliphatic carbocycles. The molecule has 108 valence electrons. The summed E-state index contributed by atoms with van der Waals surface area (Å²) in [5.41, 5.74) is 1.70. The number of amides is 1. The zero-order valence-electron chi connectivity index (χ0n) is 11.8. The van der Waals surface area contributed by atoms with Gasteiger partial charge in [-0.1, -0.05) is 26.0 Å². The van der Waals surface area contributed by atoms with Crippen LogP contribution in [0.2, 0.25) is 0 Å². The molecule has 1 heterocycles. The molecular weight excluding hydrogens is 260 g/mol. The Kier molecular flexibility index (Phi) is 3.07. The Hall–Kier alpha value is -1.45. The number of halogens is 2. The average molecular weight is 279 g/mol. The highest BCUT2D eigenvalue weighted by molar-refractivity contribution is 5.95. The van der Waals surface area contributed by atoms with Crippen molar-refractivity contribution in [2.24, 2.45) is 11.8 Å². The van der Waals surface area contributed by atoms with E-state index in [-0.39, 0.29) is 5.91 Å². The van der Waals surface area contributed by atoms with Crippen LogP contribution in [0, 0.1) is 11.8 Å². The number of hydrogen-bond acceptors (Lipinski definition) is 1. The van der Waals surface area contributed by atoms with E-state index in [0.29, 0.717) is 23.3 Å². The number of hydrogen-bond donors (Lipinski definition) is 0. The van der Waals surface area contributed by atoms with Gasteiger partial charge in [0.25, 0.3) is 11.8 Å². The molecule has 0 bridgehead atoms. The van der Waals surface area contributed by atoms with Gasteiger partial charge in [-0.25, -0.2) is 8.78 Å². The molecule has 2 atom stereocenters. The van der Waals surface area contributed by atoms with E-state index < -0.39 is 19.0 Å². The first kappa shape index (κ1) is 13.5. The Morgan fingerprint density at radius 2 is 2.05 bits per heavy atom. The fraction of sp³-hybridized carbons (Fsp3) is 0.562. The van der Waals surface area contributed by atoms with E-state index in [4.69, 9.17) is 0 Å². The van der Waals surface area contributed by atoms with E-state index in [2.05, 4.69) is 13.8 Å². The molecule has 1 aromatic carbocycles. The van der Waals surface area contributed by atoms with Gasteiger partial charge in [0.1, 0.15) is 0 Å². The molecule has 2 nitrogen and oxygen atoms in total. The summed E-state index contributed by atoms with van der Waals surface area (Å²) < 4.78 is 25.7. The van der Waals surface area contributed by atoms with Crippen LogP contribution in [-0.4, -0.2) is 29.8 Å². The molecule has 1 amide bonds. The molecule has 1 saturated heterocycles. The zero-order chi connectivity index (χ0) is 14.5. The maximum atomic E-state index is 12.8. The maximum Gasteiger partial charge on any atom is 0.282 e. The van der Waals surface area contributed by atoms with Crippen LogP contribution in [0.3, 0.4) is 0 Å². The summed E-state index contributed by atoms with van der Waals surface area (Å²) in [5.74, 6) is -1.12. The highest BCUT2D eigenvalue weighted by atomic mass is 19.3. The lowest BCUT2D eigenvalue weighted by Gasteiger charge is -2.38. The molecule has 1 aromatic rings. The second-order valence-corrected chi connectivity index (χ2v) is 6.39. The quantitative estimate of drug-likeness (QED) is 0.828. The van der Waals surface area contributed by atoms with Crippen LogP contribution in [0.5, 0.6) is 0 Å². The number of carbonyl (C=O) groups is 1. The highest BCUT2D eigenvalue weighted by Gasteiger charge is 2.46. The van der Waals surface area contributed by atoms with Gasteiger partial charge in [0, 0.05) is 5.56 Å². The molecule has 1 aliphatic heterocycles. The van der Waals surface area contributed by atoms with Crippen LogP contribution < -0.4 is 0 Å². The summed E-state index contributed by atoms with van der Waals surface area (Å²) in [5, 5.41) is 0. The van der Waals surface area contributed by atoms with Crippen molar-refractivity contribution >= 4 is 5.91 Å². The molecule has 0 aromatic heterocycles. The molecule has 4 heteroatoms. The third-order valence-electron chi connectivity index (χ3n) is 4.39. The summed E-state index contributed by atoms with van der Waals surface area (Å²) in [4.78, 5) is 13.3. The number of likely N-dealkylation sites (tertiary alicyclic amines) is 1. The molecule has 3 rings (SSSR count). The van der Waals surface area contributed by atoms with Gasteiger partial charge in [-0.05, 0) is 41.9 Å². The van der Waals surface area contributed by atoms with Crippen LogP contribution >= 0.6 is 0 Å². The first-order valence-electron chi connectivity index (χ1n) is 7.14. The molecule has 1 saturated carbocycles. The van der Waals surface area contributed by atoms with Gasteiger partial charge >= 0.3 is 0 Å². The van der Waals surface area contributed by atoms with E-state index in [0.717, 1.165) is 6.42 Å². The van der Waals surface area contributed by atoms with E-state index in [1.165, 1.54) is 10.5 Å². The van der Waals surface area contributed by atoms with Gasteiger partial charge in [-0.3, -0.25) is 4.79 Å². The number of rotatable bonds is 3. The third kappa shape index (κ3) is 2.43. The second kappa shape index (κ2) is 4.54. The largest absolute Gasteiger partial charge is 0.326 e. The summed E-state index contributed by atoms with van der Waals surface area (Å²) in [6.45, 7) is 3.52. The topological polar surface area (TPSA) is 20.3 Å². The van der Waals surface area contributed by atoms with E-state index >= 15 is 0 Å². The minimum absolute atomic E-state index is 0.278. The molecule has 0 unspecified atom stereocenters. The van der Waals surface area contributed by atoms with Gasteiger partial charge in [-0.2, -0.15) is 0 Å². The highest BCUT2D eigenvalue weighted by Crippen LogP contribution is 2.51. The molecule has 0 radical (unpaired) electrons. The Bertz CT molecular complexity index is 533. The van der Waals surface area contributed by atoms with Crippen molar-refractivity contribution in [1.29, 1.82) is 0 Å². The van der Waals surface area contributed by atoms with Gasteiger partial charge in [0.2, 0.25) is 0 Å². The van der Waals surface area contributed by atoms with Crippen molar-refractivity contribution < 1.29 is 13.6 Å². The average Bonchev–Trinajstić information content (AvgIpc) is 3.15. The second-order valence-electron chi connectivity index (χ2n) is 6.39. The fourth-order valence-electron chi connectivity index (χ4n) is 3.08. The van der Waals surface area contributed by atoms with Crippen molar-refractivity contribution in [1.82, 2.24) is 4.90 Å². The first-order chi connectivity index (χ1) is 9.37. The summed E-state index contributed by atoms with van der Waals surface area (Å²) in [7, 11) is 0. The molecule has 20 heavy (non-hydrogen) atoms. The normalized spacial score (nSPS) is 27.4. The van der Waals surface area contributed by atoms with Gasteiger partial charge < -0.3 is 4.90 Å². The Morgan fingerprint density at radius 3 is 2.60 bits per heavy atom. The minimum Gasteiger partial charge on any atom is -0.326 e. The van der Waals surface area contributed by atoms with Crippen molar-refractivity contribution in [2.45, 2.75) is 32.1 Å². The van der Waals surface area contributed by atoms with Crippen LogP contribution in [0.4, 0.5) is 8.78 Å². The van der Waals surface area contributed by atoms with Crippen molar-refractivity contribution in [3.05, 3.63) is 35.4 Å². The predicted molar refractivity (Wildman–Crippen MR) is 73.0 cm³/mol. The Labute approximate surface area is 117 Å². The molecular formula is C16H19F2NO. The van der Waals surface area contributed by atoms with Crippen molar-refractivity contribution in [2.75, 3.05) is 13.1 Å². The monoisotopic (exact) mass is 279 g/mol.